The van der Waals surface area contributed by atoms with Crippen LogP contribution in [0.2, 0.25) is 0 Å². The number of amides is 2. The molecule has 29 heavy (non-hydrogen) atoms. The van der Waals surface area contributed by atoms with Gasteiger partial charge in [0.25, 0.3) is 0 Å². The molecule has 2 amide bonds. The van der Waals surface area contributed by atoms with Crippen LogP contribution in [0.25, 0.3) is 10.8 Å². The fourth-order valence-corrected chi connectivity index (χ4v) is 3.89. The second-order valence-electron chi connectivity index (χ2n) is 7.32. The van der Waals surface area contributed by atoms with Crippen LogP contribution in [0, 0.1) is 0 Å². The number of carbonyl (C=O) groups excluding carboxylic acids is 2. The van der Waals surface area contributed by atoms with Gasteiger partial charge < -0.3 is 15.1 Å². The quantitative estimate of drug-likeness (QED) is 0.646. The number of nitrogens with zero attached hydrogens (tertiary/aromatic N) is 1. The van der Waals surface area contributed by atoms with E-state index in [0.29, 0.717) is 19.5 Å². The smallest absolute Gasteiger partial charge is 0.237 e. The molecule has 0 radical (unpaired) electrons. The SMILES string of the molecule is O=C(CCN1CCCC1C(=O)NCc1ccco1)Nc1cccc2ccccc12. The molecule has 0 aliphatic carbocycles. The van der Waals surface area contributed by atoms with Crippen molar-refractivity contribution in [2.45, 2.75) is 31.8 Å². The molecule has 150 valence electrons. The van der Waals surface area contributed by atoms with Crippen LogP contribution in [0.3, 0.4) is 0 Å². The summed E-state index contributed by atoms with van der Waals surface area (Å²) in [6, 6.07) is 17.3. The zero-order valence-electron chi connectivity index (χ0n) is 16.3. The second-order valence-corrected chi connectivity index (χ2v) is 7.32. The first-order valence-electron chi connectivity index (χ1n) is 10.0. The van der Waals surface area contributed by atoms with E-state index in [4.69, 9.17) is 4.42 Å². The first kappa shape index (κ1) is 19.2. The van der Waals surface area contributed by atoms with Crippen LogP contribution < -0.4 is 10.6 Å². The van der Waals surface area contributed by atoms with Crippen LogP contribution in [0.15, 0.2) is 65.3 Å². The summed E-state index contributed by atoms with van der Waals surface area (Å²) in [4.78, 5) is 27.2. The van der Waals surface area contributed by atoms with Crippen molar-refractivity contribution >= 4 is 28.3 Å². The molecule has 4 rings (SSSR count). The van der Waals surface area contributed by atoms with Gasteiger partial charge in [-0.25, -0.2) is 0 Å². The van der Waals surface area contributed by atoms with E-state index in [1.54, 1.807) is 12.3 Å². The maximum Gasteiger partial charge on any atom is 0.237 e. The molecule has 1 fully saturated rings. The molecule has 1 aromatic heterocycles. The van der Waals surface area contributed by atoms with Gasteiger partial charge in [-0.2, -0.15) is 0 Å². The molecule has 6 heteroatoms. The fraction of sp³-hybridized carbons (Fsp3) is 0.304. The normalized spacial score (nSPS) is 16.8. The van der Waals surface area contributed by atoms with Gasteiger partial charge in [0.15, 0.2) is 0 Å². The standard InChI is InChI=1S/C23H25N3O3/c27-22(25-20-10-3-7-17-6-1-2-9-19(17)20)12-14-26-13-4-11-21(26)23(28)24-16-18-8-5-15-29-18/h1-3,5-10,15,21H,4,11-14,16H2,(H,24,28)(H,25,27). The first-order chi connectivity index (χ1) is 14.2. The highest BCUT2D eigenvalue weighted by molar-refractivity contribution is 6.02. The summed E-state index contributed by atoms with van der Waals surface area (Å²) < 4.78 is 5.26. The summed E-state index contributed by atoms with van der Waals surface area (Å²) in [5, 5.41) is 8.07. The lowest BCUT2D eigenvalue weighted by Gasteiger charge is -2.23. The number of nitrogens with one attached hydrogen (secondary N) is 2. The number of furan rings is 1. The highest BCUT2D eigenvalue weighted by Gasteiger charge is 2.30. The van der Waals surface area contributed by atoms with E-state index in [2.05, 4.69) is 15.5 Å². The third-order valence-corrected chi connectivity index (χ3v) is 5.37. The highest BCUT2D eigenvalue weighted by Crippen LogP contribution is 2.23. The molecule has 1 atom stereocenters. The topological polar surface area (TPSA) is 74.6 Å². The lowest BCUT2D eigenvalue weighted by molar-refractivity contribution is -0.126. The number of hydrogen-bond acceptors (Lipinski definition) is 4. The summed E-state index contributed by atoms with van der Waals surface area (Å²) in [6.07, 6.45) is 3.72. The average Bonchev–Trinajstić information content (AvgIpc) is 3.43. The Labute approximate surface area is 169 Å². The molecule has 1 saturated heterocycles. The molecule has 0 bridgehead atoms. The Morgan fingerprint density at radius 3 is 2.79 bits per heavy atom. The molecular weight excluding hydrogens is 366 g/mol. The first-order valence-corrected chi connectivity index (χ1v) is 10.0. The van der Waals surface area contributed by atoms with Gasteiger partial charge in [-0.3, -0.25) is 14.5 Å². The zero-order chi connectivity index (χ0) is 20.1. The van der Waals surface area contributed by atoms with Crippen molar-refractivity contribution in [3.63, 3.8) is 0 Å². The van der Waals surface area contributed by atoms with E-state index in [1.807, 2.05) is 48.5 Å². The van der Waals surface area contributed by atoms with Crippen molar-refractivity contribution in [1.82, 2.24) is 10.2 Å². The number of carbonyl (C=O) groups is 2. The van der Waals surface area contributed by atoms with E-state index in [-0.39, 0.29) is 17.9 Å². The van der Waals surface area contributed by atoms with Crippen LogP contribution in [-0.2, 0) is 16.1 Å². The van der Waals surface area contributed by atoms with Gasteiger partial charge in [-0.1, -0.05) is 36.4 Å². The average molecular weight is 391 g/mol. The van der Waals surface area contributed by atoms with Crippen molar-refractivity contribution in [3.8, 4) is 0 Å². The summed E-state index contributed by atoms with van der Waals surface area (Å²) in [5.74, 6) is 0.689. The summed E-state index contributed by atoms with van der Waals surface area (Å²) in [6.45, 7) is 1.79. The Bertz CT molecular complexity index is 979. The molecule has 3 aromatic rings. The van der Waals surface area contributed by atoms with Crippen molar-refractivity contribution < 1.29 is 14.0 Å². The van der Waals surface area contributed by atoms with Crippen molar-refractivity contribution in [2.75, 3.05) is 18.4 Å². The molecule has 6 nitrogen and oxygen atoms in total. The minimum atomic E-state index is -0.185. The van der Waals surface area contributed by atoms with Gasteiger partial charge in [0.1, 0.15) is 5.76 Å². The third-order valence-electron chi connectivity index (χ3n) is 5.37. The molecular formula is C23H25N3O3. The minimum absolute atomic E-state index is 0.00615. The number of rotatable bonds is 7. The van der Waals surface area contributed by atoms with E-state index in [1.165, 1.54) is 0 Å². The predicted octanol–water partition coefficient (Wildman–Crippen LogP) is 3.54. The molecule has 1 unspecified atom stereocenters. The van der Waals surface area contributed by atoms with Crippen LogP contribution in [0.5, 0.6) is 0 Å². The second kappa shape index (κ2) is 8.92. The van der Waals surface area contributed by atoms with Gasteiger partial charge in [-0.05, 0) is 43.0 Å². The monoisotopic (exact) mass is 391 g/mol. The Kier molecular flexibility index (Phi) is 5.91. The lowest BCUT2D eigenvalue weighted by atomic mass is 10.1. The van der Waals surface area contributed by atoms with Crippen LogP contribution in [0.1, 0.15) is 25.0 Å². The summed E-state index contributed by atoms with van der Waals surface area (Å²) in [7, 11) is 0. The van der Waals surface area contributed by atoms with Gasteiger partial charge in [-0.15, -0.1) is 0 Å². The molecule has 1 aliphatic rings. The Morgan fingerprint density at radius 1 is 1.07 bits per heavy atom. The van der Waals surface area contributed by atoms with Crippen LogP contribution in [0.4, 0.5) is 5.69 Å². The van der Waals surface area contributed by atoms with E-state index in [0.717, 1.165) is 41.6 Å². The summed E-state index contributed by atoms with van der Waals surface area (Å²) >= 11 is 0. The van der Waals surface area contributed by atoms with Gasteiger partial charge in [0.2, 0.25) is 11.8 Å². The number of anilines is 1. The number of likely N-dealkylation sites (tertiary alicyclic amines) is 1. The maximum absolute atomic E-state index is 12.5. The predicted molar refractivity (Wildman–Crippen MR) is 112 cm³/mol. The number of hydrogen-bond donors (Lipinski definition) is 2. The Balaban J connectivity index is 1.30. The van der Waals surface area contributed by atoms with E-state index >= 15 is 0 Å². The van der Waals surface area contributed by atoms with Crippen molar-refractivity contribution in [3.05, 3.63) is 66.6 Å². The van der Waals surface area contributed by atoms with Crippen LogP contribution >= 0.6 is 0 Å². The van der Waals surface area contributed by atoms with Crippen LogP contribution in [-0.4, -0.2) is 35.8 Å². The van der Waals surface area contributed by atoms with Crippen molar-refractivity contribution in [2.24, 2.45) is 0 Å². The number of fused-ring (bicyclic) bond motifs is 1. The molecule has 2 N–H and O–H groups in total. The van der Waals surface area contributed by atoms with Crippen molar-refractivity contribution in [1.29, 1.82) is 0 Å². The molecule has 0 saturated carbocycles. The Hall–Kier alpha value is -3.12. The molecule has 2 aromatic carbocycles. The molecule has 1 aliphatic heterocycles. The fourth-order valence-electron chi connectivity index (χ4n) is 3.89. The summed E-state index contributed by atoms with van der Waals surface area (Å²) in [5.41, 5.74) is 0.822. The van der Waals surface area contributed by atoms with E-state index in [9.17, 15) is 9.59 Å². The third kappa shape index (κ3) is 4.66. The maximum atomic E-state index is 12.5. The largest absolute Gasteiger partial charge is 0.467 e. The molecule has 2 heterocycles. The lowest BCUT2D eigenvalue weighted by Crippen LogP contribution is -2.43. The highest BCUT2D eigenvalue weighted by atomic mass is 16.3. The van der Waals surface area contributed by atoms with Gasteiger partial charge in [0.05, 0.1) is 18.8 Å². The van der Waals surface area contributed by atoms with Gasteiger partial charge >= 0.3 is 0 Å². The Morgan fingerprint density at radius 2 is 1.93 bits per heavy atom. The van der Waals surface area contributed by atoms with E-state index < -0.39 is 0 Å². The zero-order valence-corrected chi connectivity index (χ0v) is 16.3. The number of benzene rings is 2. The molecule has 0 spiro atoms. The minimum Gasteiger partial charge on any atom is -0.467 e. The van der Waals surface area contributed by atoms with Gasteiger partial charge in [0, 0.05) is 24.0 Å².